The van der Waals surface area contributed by atoms with Crippen molar-refractivity contribution in [2.24, 2.45) is 0 Å². The molecule has 1 heterocycles. The summed E-state index contributed by atoms with van der Waals surface area (Å²) in [5.74, 6) is 0. The summed E-state index contributed by atoms with van der Waals surface area (Å²) in [4.78, 5) is 0. The summed E-state index contributed by atoms with van der Waals surface area (Å²) in [5, 5.41) is 0. The monoisotopic (exact) mass is 554 g/mol. The highest BCUT2D eigenvalue weighted by atomic mass is 15.2. The molecular weight excluding hydrogens is 496 g/mol. The van der Waals surface area contributed by atoms with Crippen LogP contribution in [0.3, 0.4) is 0 Å². The Morgan fingerprint density at radius 1 is 0.463 bits per heavy atom. The number of unbranched alkanes of at least 4 members (excludes halogenated alkanes) is 11. The molecule has 0 unspecified atom stereocenters. The molecule has 0 radical (unpaired) electrons. The normalized spacial score (nSPS) is 13.6. The molecule has 0 fully saturated rings. The van der Waals surface area contributed by atoms with E-state index in [1.165, 1.54) is 111 Å². The van der Waals surface area contributed by atoms with Crippen LogP contribution in [0, 0.1) is 0 Å². The van der Waals surface area contributed by atoms with Gasteiger partial charge in [-0.1, -0.05) is 123 Å². The number of nitrogens with zero attached hydrogens (tertiary/aromatic N) is 2. The molecule has 0 aliphatic carbocycles. The fourth-order valence-electron chi connectivity index (χ4n) is 6.30. The van der Waals surface area contributed by atoms with E-state index in [-0.39, 0.29) is 0 Å². The maximum Gasteiger partial charge on any atom is 0.211 e. The molecule has 0 spiro atoms. The van der Waals surface area contributed by atoms with Crippen molar-refractivity contribution >= 4 is 11.4 Å². The Bertz CT molecular complexity index is 1140. The second-order valence-electron chi connectivity index (χ2n) is 12.3. The van der Waals surface area contributed by atoms with Crippen LogP contribution in [0.1, 0.15) is 159 Å². The molecule has 0 saturated carbocycles. The average Bonchev–Trinajstić information content (AvgIpc) is 3.26. The van der Waals surface area contributed by atoms with Gasteiger partial charge in [-0.25, -0.2) is 4.70 Å². The second kappa shape index (κ2) is 18.9. The van der Waals surface area contributed by atoms with Gasteiger partial charge in [-0.05, 0) is 86.8 Å². The van der Waals surface area contributed by atoms with Crippen molar-refractivity contribution in [1.29, 1.82) is 0 Å². The highest BCUT2D eigenvalue weighted by Crippen LogP contribution is 2.44. The summed E-state index contributed by atoms with van der Waals surface area (Å²) in [6.07, 6.45) is 23.2. The summed E-state index contributed by atoms with van der Waals surface area (Å²) >= 11 is 0. The lowest BCUT2D eigenvalue weighted by atomic mass is 9.91. The zero-order valence-corrected chi connectivity index (χ0v) is 26.9. The van der Waals surface area contributed by atoms with Crippen LogP contribution in [-0.2, 0) is 12.8 Å². The van der Waals surface area contributed by atoms with E-state index in [1.807, 2.05) is 0 Å². The van der Waals surface area contributed by atoms with E-state index < -0.39 is 0 Å². The molecule has 224 valence electrons. The molecule has 41 heavy (non-hydrogen) atoms. The van der Waals surface area contributed by atoms with Crippen LogP contribution in [0.25, 0.3) is 16.9 Å². The molecule has 2 nitrogen and oxygen atoms in total. The van der Waals surface area contributed by atoms with Crippen LogP contribution in [0.15, 0.2) is 59.7 Å². The standard InChI is InChI=1S/C39H58N2/c1-5-9-13-14-15-16-19-23-33-25-21-27-35(31-33)39-37(29-18-11-7-3)36(28-12-8-4)38(41(39)40)34-26-20-24-32(30-34)22-17-10-6-2/h20-21,24-27,30-31H,5-19,22-23,28-29H2,1-4H3. The maximum absolute atomic E-state index is 12.0. The van der Waals surface area contributed by atoms with Gasteiger partial charge in [0.05, 0.1) is 0 Å². The first kappa shape index (κ1) is 33.0. The molecule has 2 heteroatoms. The van der Waals surface area contributed by atoms with Gasteiger partial charge in [0.2, 0.25) is 11.4 Å². The predicted octanol–water partition coefficient (Wildman–Crippen LogP) is 12.7. The van der Waals surface area contributed by atoms with Crippen LogP contribution in [0.5, 0.6) is 0 Å². The summed E-state index contributed by atoms with van der Waals surface area (Å²) in [5.41, 5.74) is 21.9. The summed E-state index contributed by atoms with van der Waals surface area (Å²) in [7, 11) is 0. The minimum Gasteiger partial charge on any atom is -0.493 e. The van der Waals surface area contributed by atoms with E-state index in [9.17, 15) is 5.53 Å². The van der Waals surface area contributed by atoms with E-state index in [2.05, 4.69) is 76.2 Å². The largest absolute Gasteiger partial charge is 0.493 e. The molecule has 1 aliphatic heterocycles. The maximum atomic E-state index is 12.0. The van der Waals surface area contributed by atoms with Crippen LogP contribution in [0.4, 0.5) is 0 Å². The lowest BCUT2D eigenvalue weighted by Crippen LogP contribution is -2.03. The SMILES string of the molecule is CCCCCCCCCc1cccc(C2=C(CCCCC)C(CCCC)=C(c3cccc(CCCCC)c3)[N+]2=[N-])c1. The van der Waals surface area contributed by atoms with E-state index in [4.69, 9.17) is 0 Å². The van der Waals surface area contributed by atoms with Gasteiger partial charge in [-0.15, -0.1) is 0 Å². The van der Waals surface area contributed by atoms with E-state index in [0.29, 0.717) is 0 Å². The molecule has 2 aromatic carbocycles. The van der Waals surface area contributed by atoms with Gasteiger partial charge in [0, 0.05) is 22.3 Å². The summed E-state index contributed by atoms with van der Waals surface area (Å²) in [6.45, 7) is 9.10. The molecule has 0 amide bonds. The number of hydrogen-bond acceptors (Lipinski definition) is 0. The van der Waals surface area contributed by atoms with Crippen molar-refractivity contribution in [3.63, 3.8) is 0 Å². The van der Waals surface area contributed by atoms with Crippen LogP contribution >= 0.6 is 0 Å². The van der Waals surface area contributed by atoms with Crippen molar-refractivity contribution in [2.75, 3.05) is 0 Å². The molecule has 0 saturated heterocycles. The third-order valence-electron chi connectivity index (χ3n) is 8.71. The highest BCUT2D eigenvalue weighted by molar-refractivity contribution is 5.82. The van der Waals surface area contributed by atoms with Gasteiger partial charge in [0.25, 0.3) is 0 Å². The molecule has 0 bridgehead atoms. The number of aryl methyl sites for hydroxylation is 2. The van der Waals surface area contributed by atoms with Gasteiger partial charge in [0.15, 0.2) is 0 Å². The molecule has 3 rings (SSSR count). The Hall–Kier alpha value is -2.48. The van der Waals surface area contributed by atoms with Gasteiger partial charge in [-0.3, -0.25) is 0 Å². The Morgan fingerprint density at radius 2 is 0.854 bits per heavy atom. The smallest absolute Gasteiger partial charge is 0.211 e. The molecular formula is C39H58N2. The van der Waals surface area contributed by atoms with Gasteiger partial charge >= 0.3 is 0 Å². The lowest BCUT2D eigenvalue weighted by Gasteiger charge is -2.12. The quantitative estimate of drug-likeness (QED) is 0.108. The minimum absolute atomic E-state index is 1.02. The van der Waals surface area contributed by atoms with Crippen LogP contribution in [-0.4, -0.2) is 4.70 Å². The third-order valence-corrected chi connectivity index (χ3v) is 8.71. The van der Waals surface area contributed by atoms with Crippen molar-refractivity contribution in [1.82, 2.24) is 0 Å². The molecule has 0 aromatic heterocycles. The average molecular weight is 555 g/mol. The Morgan fingerprint density at radius 3 is 1.37 bits per heavy atom. The van der Waals surface area contributed by atoms with Crippen molar-refractivity contribution in [3.8, 4) is 0 Å². The topological polar surface area (TPSA) is 25.3 Å². The summed E-state index contributed by atoms with van der Waals surface area (Å²) in [6, 6.07) is 18.0. The van der Waals surface area contributed by atoms with E-state index in [0.717, 1.165) is 55.5 Å². The molecule has 1 aliphatic rings. The van der Waals surface area contributed by atoms with Gasteiger partial charge < -0.3 is 5.53 Å². The number of rotatable bonds is 21. The van der Waals surface area contributed by atoms with E-state index >= 15 is 0 Å². The number of benzene rings is 2. The highest BCUT2D eigenvalue weighted by Gasteiger charge is 2.35. The fourth-order valence-corrected chi connectivity index (χ4v) is 6.30. The van der Waals surface area contributed by atoms with Crippen LogP contribution in [0.2, 0.25) is 0 Å². The summed E-state index contributed by atoms with van der Waals surface area (Å²) < 4.78 is 1.57. The van der Waals surface area contributed by atoms with Crippen molar-refractivity contribution in [2.45, 2.75) is 150 Å². The number of allylic oxidation sites excluding steroid dienone is 2. The predicted molar refractivity (Wildman–Crippen MR) is 179 cm³/mol. The molecule has 0 atom stereocenters. The second-order valence-corrected chi connectivity index (χ2v) is 12.3. The van der Waals surface area contributed by atoms with Gasteiger partial charge in [0.1, 0.15) is 0 Å². The Balaban J connectivity index is 1.91. The molecule has 2 aromatic rings. The Labute approximate surface area is 252 Å². The fraction of sp³-hybridized carbons (Fsp3) is 0.590. The minimum atomic E-state index is 1.02. The first-order chi connectivity index (χ1) is 20.1. The molecule has 0 N–H and O–H groups in total. The first-order valence-corrected chi connectivity index (χ1v) is 17.3. The third kappa shape index (κ3) is 10.1. The van der Waals surface area contributed by atoms with Crippen molar-refractivity contribution in [3.05, 3.63) is 87.5 Å². The van der Waals surface area contributed by atoms with E-state index in [1.54, 1.807) is 4.70 Å². The van der Waals surface area contributed by atoms with Crippen molar-refractivity contribution < 1.29 is 4.70 Å². The van der Waals surface area contributed by atoms with Crippen LogP contribution < -0.4 is 0 Å². The zero-order valence-electron chi connectivity index (χ0n) is 26.9. The first-order valence-electron chi connectivity index (χ1n) is 17.3. The zero-order chi connectivity index (χ0) is 29.3. The Kier molecular flexibility index (Phi) is 15.2. The lowest BCUT2D eigenvalue weighted by molar-refractivity contribution is -0.345. The number of hydrogen-bond donors (Lipinski definition) is 0. The van der Waals surface area contributed by atoms with Gasteiger partial charge in [-0.2, -0.15) is 0 Å².